The summed E-state index contributed by atoms with van der Waals surface area (Å²) in [7, 11) is 0. The maximum absolute atomic E-state index is 6.26. The van der Waals surface area contributed by atoms with Crippen LogP contribution in [0.4, 0.5) is 0 Å². The van der Waals surface area contributed by atoms with Crippen molar-refractivity contribution in [3.63, 3.8) is 0 Å². The molecule has 1 aliphatic rings. The second kappa shape index (κ2) is 7.62. The summed E-state index contributed by atoms with van der Waals surface area (Å²) in [4.78, 5) is 10.5. The highest BCUT2D eigenvalue weighted by atomic mass is 35.5. The standard InChI is InChI=1S/C15H22ClN3O/c1-3-17-11-7-10-14-18-15(19(4-2)20-14)12-8-5-6-9-13(12)16/h5-6,8-9,15,17H,3-4,7,10-11H2,1-2H3/t15-/m1/s1. The summed E-state index contributed by atoms with van der Waals surface area (Å²) >= 11 is 6.26. The predicted molar refractivity (Wildman–Crippen MR) is 82.9 cm³/mol. The maximum Gasteiger partial charge on any atom is 0.211 e. The minimum Gasteiger partial charge on any atom is -0.388 e. The van der Waals surface area contributed by atoms with Crippen molar-refractivity contribution in [1.82, 2.24) is 10.4 Å². The number of benzene rings is 1. The number of halogens is 1. The van der Waals surface area contributed by atoms with E-state index in [1.54, 1.807) is 0 Å². The molecule has 1 N–H and O–H groups in total. The minimum absolute atomic E-state index is 0.122. The van der Waals surface area contributed by atoms with E-state index in [1.807, 2.05) is 29.3 Å². The van der Waals surface area contributed by atoms with Crippen LogP contribution >= 0.6 is 11.6 Å². The topological polar surface area (TPSA) is 36.9 Å². The molecule has 4 nitrogen and oxygen atoms in total. The Labute approximate surface area is 125 Å². The molecule has 2 rings (SSSR count). The number of hydrogen-bond donors (Lipinski definition) is 1. The molecule has 0 bridgehead atoms. The third kappa shape index (κ3) is 3.72. The van der Waals surface area contributed by atoms with E-state index in [0.29, 0.717) is 0 Å². The Hall–Kier alpha value is -1.10. The molecule has 20 heavy (non-hydrogen) atoms. The molecular formula is C15H22ClN3O. The lowest BCUT2D eigenvalue weighted by Crippen LogP contribution is -2.24. The van der Waals surface area contributed by atoms with Crippen LogP contribution in [0.5, 0.6) is 0 Å². The maximum atomic E-state index is 6.26. The summed E-state index contributed by atoms with van der Waals surface area (Å²) < 4.78 is 0. The summed E-state index contributed by atoms with van der Waals surface area (Å²) in [5.74, 6) is 0.801. The zero-order chi connectivity index (χ0) is 14.4. The molecule has 0 spiro atoms. The highest BCUT2D eigenvalue weighted by Gasteiger charge is 2.29. The van der Waals surface area contributed by atoms with Crippen LogP contribution in [0.25, 0.3) is 0 Å². The fourth-order valence-electron chi connectivity index (χ4n) is 2.21. The van der Waals surface area contributed by atoms with Crippen molar-refractivity contribution in [2.45, 2.75) is 32.9 Å². The van der Waals surface area contributed by atoms with Gasteiger partial charge in [0.2, 0.25) is 5.90 Å². The summed E-state index contributed by atoms with van der Waals surface area (Å²) in [6.45, 7) is 6.92. The second-order valence-corrected chi connectivity index (χ2v) is 5.11. The summed E-state index contributed by atoms with van der Waals surface area (Å²) in [6.07, 6.45) is 1.76. The Bertz CT molecular complexity index is 464. The van der Waals surface area contributed by atoms with Gasteiger partial charge in [0.25, 0.3) is 0 Å². The fourth-order valence-corrected chi connectivity index (χ4v) is 2.44. The van der Waals surface area contributed by atoms with Gasteiger partial charge in [-0.3, -0.25) is 0 Å². The molecule has 0 radical (unpaired) electrons. The Morgan fingerprint density at radius 3 is 2.85 bits per heavy atom. The first-order valence-electron chi connectivity index (χ1n) is 7.22. The number of nitrogens with zero attached hydrogens (tertiary/aromatic N) is 2. The van der Waals surface area contributed by atoms with Gasteiger partial charge in [-0.1, -0.05) is 36.7 Å². The summed E-state index contributed by atoms with van der Waals surface area (Å²) in [6, 6.07) is 7.81. The minimum atomic E-state index is -0.122. The zero-order valence-electron chi connectivity index (χ0n) is 12.1. The van der Waals surface area contributed by atoms with Gasteiger partial charge in [0, 0.05) is 23.6 Å². The molecule has 0 saturated heterocycles. The van der Waals surface area contributed by atoms with E-state index in [4.69, 9.17) is 16.4 Å². The molecule has 0 saturated carbocycles. The van der Waals surface area contributed by atoms with E-state index in [-0.39, 0.29) is 6.17 Å². The lowest BCUT2D eigenvalue weighted by atomic mass is 10.1. The third-order valence-electron chi connectivity index (χ3n) is 3.25. The van der Waals surface area contributed by atoms with Gasteiger partial charge in [-0.2, -0.15) is 0 Å². The molecular weight excluding hydrogens is 274 g/mol. The molecule has 0 aromatic heterocycles. The van der Waals surface area contributed by atoms with Crippen molar-refractivity contribution >= 4 is 17.5 Å². The molecule has 0 fully saturated rings. The Kier molecular flexibility index (Phi) is 5.83. The van der Waals surface area contributed by atoms with Gasteiger partial charge in [-0.05, 0) is 32.5 Å². The van der Waals surface area contributed by atoms with Crippen LogP contribution in [0, 0.1) is 0 Å². The molecule has 1 aliphatic heterocycles. The van der Waals surface area contributed by atoms with Gasteiger partial charge >= 0.3 is 0 Å². The van der Waals surface area contributed by atoms with Gasteiger partial charge < -0.3 is 10.2 Å². The highest BCUT2D eigenvalue weighted by molar-refractivity contribution is 6.31. The molecule has 0 unspecified atom stereocenters. The van der Waals surface area contributed by atoms with Gasteiger partial charge in [0.15, 0.2) is 6.17 Å². The zero-order valence-corrected chi connectivity index (χ0v) is 12.9. The van der Waals surface area contributed by atoms with Crippen LogP contribution in [0.15, 0.2) is 29.3 Å². The van der Waals surface area contributed by atoms with E-state index in [0.717, 1.165) is 49.0 Å². The van der Waals surface area contributed by atoms with E-state index < -0.39 is 0 Å². The molecule has 0 amide bonds. The van der Waals surface area contributed by atoms with E-state index in [2.05, 4.69) is 24.2 Å². The Balaban J connectivity index is 2.03. The SMILES string of the molecule is CCNCCCC1=N[C@@H](c2ccccc2Cl)N(CC)O1. The Morgan fingerprint density at radius 1 is 1.35 bits per heavy atom. The van der Waals surface area contributed by atoms with Crippen LogP contribution in [0.2, 0.25) is 5.02 Å². The smallest absolute Gasteiger partial charge is 0.211 e. The second-order valence-electron chi connectivity index (χ2n) is 4.70. The number of aliphatic imine (C=N–C) groups is 1. The monoisotopic (exact) mass is 295 g/mol. The van der Waals surface area contributed by atoms with E-state index in [1.165, 1.54) is 0 Å². The average Bonchev–Trinajstić information content (AvgIpc) is 2.87. The van der Waals surface area contributed by atoms with E-state index in [9.17, 15) is 0 Å². The lowest BCUT2D eigenvalue weighted by Gasteiger charge is -2.20. The quantitative estimate of drug-likeness (QED) is 0.783. The normalized spacial score (nSPS) is 18.9. The van der Waals surface area contributed by atoms with Crippen molar-refractivity contribution in [1.29, 1.82) is 0 Å². The third-order valence-corrected chi connectivity index (χ3v) is 3.60. The lowest BCUT2D eigenvalue weighted by molar-refractivity contribution is -0.0816. The predicted octanol–water partition coefficient (Wildman–Crippen LogP) is 3.39. The molecule has 1 aromatic carbocycles. The first kappa shape index (κ1) is 15.3. The largest absolute Gasteiger partial charge is 0.388 e. The summed E-state index contributed by atoms with van der Waals surface area (Å²) in [5.41, 5.74) is 0.998. The van der Waals surface area contributed by atoms with Crippen LogP contribution in [-0.4, -0.2) is 30.6 Å². The van der Waals surface area contributed by atoms with Crippen molar-refractivity contribution in [3.8, 4) is 0 Å². The first-order valence-corrected chi connectivity index (χ1v) is 7.60. The van der Waals surface area contributed by atoms with Gasteiger partial charge in [0.1, 0.15) is 0 Å². The first-order chi connectivity index (χ1) is 9.76. The van der Waals surface area contributed by atoms with Crippen molar-refractivity contribution in [3.05, 3.63) is 34.9 Å². The van der Waals surface area contributed by atoms with Crippen LogP contribution in [-0.2, 0) is 4.84 Å². The van der Waals surface area contributed by atoms with Crippen molar-refractivity contribution in [2.24, 2.45) is 4.99 Å². The van der Waals surface area contributed by atoms with Gasteiger partial charge in [-0.15, -0.1) is 5.06 Å². The van der Waals surface area contributed by atoms with Crippen LogP contribution in [0.1, 0.15) is 38.4 Å². The molecule has 1 aromatic rings. The highest BCUT2D eigenvalue weighted by Crippen LogP contribution is 2.32. The van der Waals surface area contributed by atoms with Crippen LogP contribution in [0.3, 0.4) is 0 Å². The molecule has 5 heteroatoms. The molecule has 110 valence electrons. The Morgan fingerprint density at radius 2 is 2.15 bits per heavy atom. The number of rotatable bonds is 7. The van der Waals surface area contributed by atoms with Crippen molar-refractivity contribution < 1.29 is 4.84 Å². The number of hydroxylamine groups is 2. The molecule has 0 aliphatic carbocycles. The number of hydrogen-bond acceptors (Lipinski definition) is 4. The van der Waals surface area contributed by atoms with E-state index >= 15 is 0 Å². The average molecular weight is 296 g/mol. The van der Waals surface area contributed by atoms with Gasteiger partial charge in [-0.25, -0.2) is 4.99 Å². The molecule has 1 atom stereocenters. The number of nitrogens with one attached hydrogen (secondary N) is 1. The van der Waals surface area contributed by atoms with Crippen molar-refractivity contribution in [2.75, 3.05) is 19.6 Å². The summed E-state index contributed by atoms with van der Waals surface area (Å²) in [5, 5.41) is 5.92. The molecule has 1 heterocycles. The van der Waals surface area contributed by atoms with Gasteiger partial charge in [0.05, 0.1) is 0 Å². The fraction of sp³-hybridized carbons (Fsp3) is 0.533. The van der Waals surface area contributed by atoms with Crippen LogP contribution < -0.4 is 5.32 Å².